The fourth-order valence-corrected chi connectivity index (χ4v) is 1.70. The maximum absolute atomic E-state index is 10.6. The molecule has 2 aliphatic rings. The van der Waals surface area contributed by atoms with Crippen LogP contribution in [0.15, 0.2) is 0 Å². The average Bonchev–Trinajstić information content (AvgIpc) is 2.49. The monoisotopic (exact) mass is 172 g/mol. The van der Waals surface area contributed by atoms with Crippen LogP contribution in [0.2, 0.25) is 0 Å². The molecule has 68 valence electrons. The van der Waals surface area contributed by atoms with Crippen molar-refractivity contribution in [2.45, 2.75) is 6.04 Å². The van der Waals surface area contributed by atoms with Gasteiger partial charge in [0.15, 0.2) is 0 Å². The summed E-state index contributed by atoms with van der Waals surface area (Å²) in [5, 5.41) is 8.72. The van der Waals surface area contributed by atoms with Gasteiger partial charge in [0, 0.05) is 19.6 Å². The molecule has 1 unspecified atom stereocenters. The van der Waals surface area contributed by atoms with Crippen molar-refractivity contribution in [2.75, 3.05) is 33.0 Å². The van der Waals surface area contributed by atoms with Crippen molar-refractivity contribution < 1.29 is 14.6 Å². The zero-order chi connectivity index (χ0) is 8.55. The van der Waals surface area contributed by atoms with E-state index in [1.54, 1.807) is 0 Å². The molecule has 2 saturated heterocycles. The van der Waals surface area contributed by atoms with Gasteiger partial charge in [-0.2, -0.15) is 0 Å². The lowest BCUT2D eigenvalue weighted by Crippen LogP contribution is -2.52. The maximum atomic E-state index is 10.6. The molecular formula is C7H12N2O3. The molecule has 1 amide bonds. The molecule has 12 heavy (non-hydrogen) atoms. The summed E-state index contributed by atoms with van der Waals surface area (Å²) < 4.78 is 5.23. The van der Waals surface area contributed by atoms with Crippen LogP contribution in [0.5, 0.6) is 0 Å². The lowest BCUT2D eigenvalue weighted by atomic mass is 10.2. The Balaban J connectivity index is 1.96. The number of fused-ring (bicyclic) bond motifs is 1. The van der Waals surface area contributed by atoms with Gasteiger partial charge in [-0.15, -0.1) is 0 Å². The molecule has 1 N–H and O–H groups in total. The molecule has 0 aromatic heterocycles. The van der Waals surface area contributed by atoms with Crippen LogP contribution in [-0.4, -0.2) is 60.0 Å². The third-order valence-electron chi connectivity index (χ3n) is 2.44. The van der Waals surface area contributed by atoms with Crippen molar-refractivity contribution in [3.05, 3.63) is 0 Å². The van der Waals surface area contributed by atoms with Crippen LogP contribution in [0.4, 0.5) is 4.79 Å². The lowest BCUT2D eigenvalue weighted by Gasteiger charge is -2.34. The summed E-state index contributed by atoms with van der Waals surface area (Å²) in [6, 6.07) is 0.287. The van der Waals surface area contributed by atoms with E-state index in [1.165, 1.54) is 4.90 Å². The van der Waals surface area contributed by atoms with E-state index in [2.05, 4.69) is 4.90 Å². The Morgan fingerprint density at radius 3 is 3.08 bits per heavy atom. The van der Waals surface area contributed by atoms with Gasteiger partial charge in [-0.3, -0.25) is 4.90 Å². The third-order valence-corrected chi connectivity index (χ3v) is 2.44. The van der Waals surface area contributed by atoms with Gasteiger partial charge in [0.05, 0.1) is 19.4 Å². The first-order valence-corrected chi connectivity index (χ1v) is 4.07. The van der Waals surface area contributed by atoms with Gasteiger partial charge in [0.1, 0.15) is 0 Å². The van der Waals surface area contributed by atoms with Gasteiger partial charge in [0.25, 0.3) is 0 Å². The average molecular weight is 172 g/mol. The van der Waals surface area contributed by atoms with Gasteiger partial charge in [-0.05, 0) is 0 Å². The van der Waals surface area contributed by atoms with Gasteiger partial charge >= 0.3 is 6.09 Å². The van der Waals surface area contributed by atoms with Crippen LogP contribution in [0.3, 0.4) is 0 Å². The molecule has 2 rings (SSSR count). The summed E-state index contributed by atoms with van der Waals surface area (Å²) in [6.07, 6.45) is -0.818. The molecule has 0 spiro atoms. The first-order chi connectivity index (χ1) is 5.77. The number of carbonyl (C=O) groups is 1. The second kappa shape index (κ2) is 2.91. The predicted octanol–water partition coefficient (Wildman–Crippen LogP) is -0.362. The number of ether oxygens (including phenoxy) is 1. The number of nitrogens with zero attached hydrogens (tertiary/aromatic N) is 2. The highest BCUT2D eigenvalue weighted by atomic mass is 16.5. The molecule has 0 bridgehead atoms. The van der Waals surface area contributed by atoms with Crippen LogP contribution < -0.4 is 0 Å². The van der Waals surface area contributed by atoms with Crippen LogP contribution in [0.25, 0.3) is 0 Å². The van der Waals surface area contributed by atoms with E-state index >= 15 is 0 Å². The summed E-state index contributed by atoms with van der Waals surface area (Å²) in [7, 11) is 0. The Morgan fingerprint density at radius 2 is 2.33 bits per heavy atom. The SMILES string of the molecule is O=C(O)N1CCN2COCC2C1. The van der Waals surface area contributed by atoms with E-state index in [0.29, 0.717) is 26.4 Å². The van der Waals surface area contributed by atoms with Gasteiger partial charge in [-0.1, -0.05) is 0 Å². The van der Waals surface area contributed by atoms with Crippen LogP contribution in [0, 0.1) is 0 Å². The smallest absolute Gasteiger partial charge is 0.407 e. The number of hydrogen-bond donors (Lipinski definition) is 1. The fraction of sp³-hybridized carbons (Fsp3) is 0.857. The topological polar surface area (TPSA) is 53.0 Å². The number of amides is 1. The molecule has 2 fully saturated rings. The summed E-state index contributed by atoms with van der Waals surface area (Å²) >= 11 is 0. The van der Waals surface area contributed by atoms with Crippen molar-refractivity contribution in [3.63, 3.8) is 0 Å². The van der Waals surface area contributed by atoms with Crippen molar-refractivity contribution in [1.29, 1.82) is 0 Å². The van der Waals surface area contributed by atoms with Crippen molar-refractivity contribution >= 4 is 6.09 Å². The Bertz CT molecular complexity index is 197. The lowest BCUT2D eigenvalue weighted by molar-refractivity contribution is 0.0823. The fourth-order valence-electron chi connectivity index (χ4n) is 1.70. The van der Waals surface area contributed by atoms with E-state index < -0.39 is 6.09 Å². The molecule has 0 aromatic rings. The van der Waals surface area contributed by atoms with E-state index in [0.717, 1.165) is 6.54 Å². The first kappa shape index (κ1) is 7.82. The van der Waals surface area contributed by atoms with E-state index in [9.17, 15) is 4.79 Å². The van der Waals surface area contributed by atoms with E-state index in [-0.39, 0.29) is 6.04 Å². The summed E-state index contributed by atoms with van der Waals surface area (Å²) in [5.74, 6) is 0. The molecule has 0 aliphatic carbocycles. The van der Waals surface area contributed by atoms with Crippen molar-refractivity contribution in [3.8, 4) is 0 Å². The Labute approximate surface area is 70.5 Å². The summed E-state index contributed by atoms with van der Waals surface area (Å²) in [6.45, 7) is 3.34. The van der Waals surface area contributed by atoms with Crippen LogP contribution >= 0.6 is 0 Å². The predicted molar refractivity (Wildman–Crippen MR) is 40.9 cm³/mol. The zero-order valence-corrected chi connectivity index (χ0v) is 6.77. The largest absolute Gasteiger partial charge is 0.465 e. The number of rotatable bonds is 0. The van der Waals surface area contributed by atoms with Crippen molar-refractivity contribution in [2.24, 2.45) is 0 Å². The molecule has 2 aliphatic heterocycles. The minimum Gasteiger partial charge on any atom is -0.465 e. The Hall–Kier alpha value is -0.810. The number of carboxylic acid groups (broad SMARTS) is 1. The van der Waals surface area contributed by atoms with Gasteiger partial charge < -0.3 is 14.7 Å². The Kier molecular flexibility index (Phi) is 1.90. The van der Waals surface area contributed by atoms with E-state index in [1.807, 2.05) is 0 Å². The third kappa shape index (κ3) is 1.25. The molecule has 0 aromatic carbocycles. The van der Waals surface area contributed by atoms with Crippen LogP contribution in [-0.2, 0) is 4.74 Å². The highest BCUT2D eigenvalue weighted by Gasteiger charge is 2.32. The van der Waals surface area contributed by atoms with Crippen molar-refractivity contribution in [1.82, 2.24) is 9.80 Å². The minimum atomic E-state index is -0.818. The second-order valence-electron chi connectivity index (χ2n) is 3.19. The standard InChI is InChI=1S/C7H12N2O3/c10-7(11)8-1-2-9-5-12-4-6(9)3-8/h6H,1-5H2,(H,10,11). The summed E-state index contributed by atoms with van der Waals surface area (Å²) in [4.78, 5) is 14.2. The highest BCUT2D eigenvalue weighted by molar-refractivity contribution is 5.65. The number of piperazine rings is 1. The van der Waals surface area contributed by atoms with E-state index in [4.69, 9.17) is 9.84 Å². The molecule has 0 saturated carbocycles. The number of hydrogen-bond acceptors (Lipinski definition) is 3. The van der Waals surface area contributed by atoms with Gasteiger partial charge in [-0.25, -0.2) is 4.79 Å². The maximum Gasteiger partial charge on any atom is 0.407 e. The zero-order valence-electron chi connectivity index (χ0n) is 6.77. The molecule has 1 atom stereocenters. The normalized spacial score (nSPS) is 30.3. The second-order valence-corrected chi connectivity index (χ2v) is 3.19. The minimum absolute atomic E-state index is 0.287. The molecule has 5 heteroatoms. The first-order valence-electron chi connectivity index (χ1n) is 4.07. The van der Waals surface area contributed by atoms with Crippen LogP contribution in [0.1, 0.15) is 0 Å². The quantitative estimate of drug-likeness (QED) is 0.542. The van der Waals surface area contributed by atoms with Gasteiger partial charge in [0.2, 0.25) is 0 Å². The molecule has 0 radical (unpaired) electrons. The highest BCUT2D eigenvalue weighted by Crippen LogP contribution is 2.15. The molecular weight excluding hydrogens is 160 g/mol. The molecule has 5 nitrogen and oxygen atoms in total. The Morgan fingerprint density at radius 1 is 1.50 bits per heavy atom. The summed E-state index contributed by atoms with van der Waals surface area (Å²) in [5.41, 5.74) is 0. The molecule has 2 heterocycles.